The molecular formula is C7H9BrO3. The van der Waals surface area contributed by atoms with Gasteiger partial charge in [-0.1, -0.05) is 15.9 Å². The molecule has 0 amide bonds. The normalized spacial score (nSPS) is 49.1. The number of rotatable bonds is 0. The molecule has 1 saturated carbocycles. The third-order valence-electron chi connectivity index (χ3n) is 2.51. The molecular weight excluding hydrogens is 212 g/mol. The number of aliphatic hydroxyl groups excluding tert-OH is 1. The molecule has 11 heavy (non-hydrogen) atoms. The van der Waals surface area contributed by atoms with Gasteiger partial charge in [-0.3, -0.25) is 4.79 Å². The number of cyclic esters (lactones) is 1. The third-order valence-corrected chi connectivity index (χ3v) is 3.80. The fourth-order valence-electron chi connectivity index (χ4n) is 1.84. The minimum absolute atomic E-state index is 0.0407. The highest BCUT2D eigenvalue weighted by molar-refractivity contribution is 9.09. The standard InChI is InChI=1S/C7H9BrO3/c8-6-4-2-11-7(10)3(4)1-5(6)9/h3-6,9H,1-2H2/t3-,4-,5+,6+/m1/s1. The molecule has 0 spiro atoms. The number of alkyl halides is 1. The van der Waals surface area contributed by atoms with Gasteiger partial charge in [0.2, 0.25) is 0 Å². The van der Waals surface area contributed by atoms with E-state index in [1.165, 1.54) is 0 Å². The summed E-state index contributed by atoms with van der Waals surface area (Å²) < 4.78 is 4.86. The van der Waals surface area contributed by atoms with E-state index in [9.17, 15) is 9.90 Å². The lowest BCUT2D eigenvalue weighted by Crippen LogP contribution is -2.20. The number of carbonyl (C=O) groups excluding carboxylic acids is 1. The molecule has 2 fully saturated rings. The summed E-state index contributed by atoms with van der Waals surface area (Å²) in [5.74, 6) is -0.0112. The Kier molecular flexibility index (Phi) is 1.68. The zero-order chi connectivity index (χ0) is 8.01. The van der Waals surface area contributed by atoms with Crippen molar-refractivity contribution < 1.29 is 14.6 Å². The number of halogens is 1. The number of fused-ring (bicyclic) bond motifs is 1. The van der Waals surface area contributed by atoms with Crippen LogP contribution in [0.2, 0.25) is 0 Å². The van der Waals surface area contributed by atoms with E-state index < -0.39 is 0 Å². The van der Waals surface area contributed by atoms with Gasteiger partial charge in [0, 0.05) is 10.7 Å². The van der Waals surface area contributed by atoms with Crippen LogP contribution in [0.1, 0.15) is 6.42 Å². The number of ether oxygens (including phenoxy) is 1. The van der Waals surface area contributed by atoms with Crippen LogP contribution in [0.25, 0.3) is 0 Å². The molecule has 0 aromatic rings. The molecule has 0 unspecified atom stereocenters. The molecule has 2 aliphatic rings. The monoisotopic (exact) mass is 220 g/mol. The molecule has 1 heterocycles. The van der Waals surface area contributed by atoms with Gasteiger partial charge in [-0.05, 0) is 6.42 Å². The fourth-order valence-corrected chi connectivity index (χ4v) is 2.57. The van der Waals surface area contributed by atoms with E-state index in [-0.39, 0.29) is 28.7 Å². The van der Waals surface area contributed by atoms with Crippen molar-refractivity contribution in [3.8, 4) is 0 Å². The maximum atomic E-state index is 11.0. The average molecular weight is 221 g/mol. The molecule has 3 nitrogen and oxygen atoms in total. The maximum absolute atomic E-state index is 11.0. The molecule has 0 aromatic heterocycles. The lowest BCUT2D eigenvalue weighted by molar-refractivity contribution is -0.141. The van der Waals surface area contributed by atoms with Gasteiger partial charge in [0.1, 0.15) is 0 Å². The Labute approximate surface area is 72.9 Å². The second-order valence-electron chi connectivity index (χ2n) is 3.15. The smallest absolute Gasteiger partial charge is 0.309 e. The van der Waals surface area contributed by atoms with Crippen molar-refractivity contribution in [1.82, 2.24) is 0 Å². The van der Waals surface area contributed by atoms with Crippen LogP contribution < -0.4 is 0 Å². The van der Waals surface area contributed by atoms with Crippen molar-refractivity contribution in [2.45, 2.75) is 17.4 Å². The third kappa shape index (κ3) is 0.999. The second-order valence-corrected chi connectivity index (χ2v) is 4.21. The van der Waals surface area contributed by atoms with E-state index in [2.05, 4.69) is 15.9 Å². The predicted octanol–water partition coefficient (Wildman–Crippen LogP) is 0.304. The van der Waals surface area contributed by atoms with Crippen LogP contribution in [0.5, 0.6) is 0 Å². The van der Waals surface area contributed by atoms with Crippen LogP contribution in [-0.4, -0.2) is 28.6 Å². The first-order valence-electron chi connectivity index (χ1n) is 3.69. The zero-order valence-electron chi connectivity index (χ0n) is 5.87. The molecule has 4 heteroatoms. The Bertz CT molecular complexity index is 194. The summed E-state index contributed by atoms with van der Waals surface area (Å²) in [6.45, 7) is 0.469. The number of carbonyl (C=O) groups is 1. The van der Waals surface area contributed by atoms with Gasteiger partial charge in [0.25, 0.3) is 0 Å². The Morgan fingerprint density at radius 1 is 1.64 bits per heavy atom. The van der Waals surface area contributed by atoms with Gasteiger partial charge in [-0.2, -0.15) is 0 Å². The second kappa shape index (κ2) is 2.45. The fraction of sp³-hybridized carbons (Fsp3) is 0.857. The van der Waals surface area contributed by atoms with Crippen LogP contribution >= 0.6 is 15.9 Å². The highest BCUT2D eigenvalue weighted by atomic mass is 79.9. The number of aliphatic hydroxyl groups is 1. The summed E-state index contributed by atoms with van der Waals surface area (Å²) >= 11 is 3.36. The van der Waals surface area contributed by atoms with Crippen molar-refractivity contribution in [3.05, 3.63) is 0 Å². The molecule has 0 aromatic carbocycles. The first-order valence-corrected chi connectivity index (χ1v) is 4.60. The van der Waals surface area contributed by atoms with Crippen LogP contribution in [0.3, 0.4) is 0 Å². The highest BCUT2D eigenvalue weighted by Crippen LogP contribution is 2.41. The van der Waals surface area contributed by atoms with Crippen molar-refractivity contribution >= 4 is 21.9 Å². The van der Waals surface area contributed by atoms with E-state index in [0.29, 0.717) is 13.0 Å². The minimum Gasteiger partial charge on any atom is -0.465 e. The summed E-state index contributed by atoms with van der Waals surface area (Å²) in [5, 5.41) is 9.37. The van der Waals surface area contributed by atoms with Crippen molar-refractivity contribution in [2.24, 2.45) is 11.8 Å². The quantitative estimate of drug-likeness (QED) is 0.472. The molecule has 1 aliphatic carbocycles. The van der Waals surface area contributed by atoms with E-state index in [1.807, 2.05) is 0 Å². The predicted molar refractivity (Wildman–Crippen MR) is 41.3 cm³/mol. The van der Waals surface area contributed by atoms with E-state index in [1.54, 1.807) is 0 Å². The van der Waals surface area contributed by atoms with Crippen LogP contribution in [0.4, 0.5) is 0 Å². The molecule has 62 valence electrons. The highest BCUT2D eigenvalue weighted by Gasteiger charge is 2.49. The number of esters is 1. The summed E-state index contributed by atoms with van der Waals surface area (Å²) in [6.07, 6.45) is 0.178. The Morgan fingerprint density at radius 3 is 3.00 bits per heavy atom. The van der Waals surface area contributed by atoms with Crippen LogP contribution in [0.15, 0.2) is 0 Å². The van der Waals surface area contributed by atoms with Crippen LogP contribution in [-0.2, 0) is 9.53 Å². The van der Waals surface area contributed by atoms with Crippen LogP contribution in [0, 0.1) is 11.8 Å². The van der Waals surface area contributed by atoms with Gasteiger partial charge in [-0.15, -0.1) is 0 Å². The first-order chi connectivity index (χ1) is 5.20. The van der Waals surface area contributed by atoms with Gasteiger partial charge in [0.15, 0.2) is 0 Å². The summed E-state index contributed by atoms with van der Waals surface area (Å²) in [7, 11) is 0. The molecule has 2 rings (SSSR count). The van der Waals surface area contributed by atoms with Gasteiger partial charge >= 0.3 is 5.97 Å². The SMILES string of the molecule is O=C1OC[C@H]2[C@H](Br)[C@@H](O)C[C@@H]12. The summed E-state index contributed by atoms with van der Waals surface area (Å²) in [5.41, 5.74) is 0. The van der Waals surface area contributed by atoms with E-state index in [0.717, 1.165) is 0 Å². The lowest BCUT2D eigenvalue weighted by Gasteiger charge is -2.10. The van der Waals surface area contributed by atoms with Crippen molar-refractivity contribution in [3.63, 3.8) is 0 Å². The molecule has 4 atom stereocenters. The lowest BCUT2D eigenvalue weighted by atomic mass is 10.0. The van der Waals surface area contributed by atoms with Crippen molar-refractivity contribution in [2.75, 3.05) is 6.61 Å². The molecule has 0 radical (unpaired) electrons. The zero-order valence-corrected chi connectivity index (χ0v) is 7.45. The summed E-state index contributed by atoms with van der Waals surface area (Å²) in [4.78, 5) is 11.0. The maximum Gasteiger partial charge on any atom is 0.309 e. The van der Waals surface area contributed by atoms with E-state index >= 15 is 0 Å². The van der Waals surface area contributed by atoms with Crippen molar-refractivity contribution in [1.29, 1.82) is 0 Å². The topological polar surface area (TPSA) is 46.5 Å². The molecule has 1 saturated heterocycles. The molecule has 0 bridgehead atoms. The Hall–Kier alpha value is -0.0900. The van der Waals surface area contributed by atoms with Gasteiger partial charge in [-0.25, -0.2) is 0 Å². The van der Waals surface area contributed by atoms with E-state index in [4.69, 9.17) is 4.74 Å². The minimum atomic E-state index is -0.377. The molecule has 1 aliphatic heterocycles. The van der Waals surface area contributed by atoms with Gasteiger partial charge in [0.05, 0.1) is 18.6 Å². The number of hydrogen-bond acceptors (Lipinski definition) is 3. The van der Waals surface area contributed by atoms with Gasteiger partial charge < -0.3 is 9.84 Å². The first kappa shape index (κ1) is 7.55. The largest absolute Gasteiger partial charge is 0.465 e. The average Bonchev–Trinajstić information content (AvgIpc) is 2.43. The summed E-state index contributed by atoms with van der Waals surface area (Å²) in [6, 6.07) is 0. The Morgan fingerprint density at radius 2 is 2.36 bits per heavy atom. The number of hydrogen-bond donors (Lipinski definition) is 1. The Balaban J connectivity index is 2.18. The molecule has 1 N–H and O–H groups in total.